The predicted molar refractivity (Wildman–Crippen MR) is 148 cm³/mol. The number of cyclic esters (lactones) is 1. The Labute approximate surface area is 238 Å². The molecule has 9 nitrogen and oxygen atoms in total. The number of carbonyl (C=O) groups excluding carboxylic acids is 3. The molecule has 2 unspecified atom stereocenters. The third kappa shape index (κ3) is 4.59. The van der Waals surface area contributed by atoms with E-state index in [1.807, 2.05) is 30.3 Å². The van der Waals surface area contributed by atoms with E-state index in [1.165, 1.54) is 17.2 Å². The zero-order chi connectivity index (χ0) is 29.5. The van der Waals surface area contributed by atoms with Crippen LogP contribution < -0.4 is 0 Å². The molecule has 1 N–H and O–H groups in total. The number of β-lactam (4-membered cyclic amide) rings is 1. The number of hydrogen-bond donors (Lipinski definition) is 1. The Morgan fingerprint density at radius 1 is 1.00 bits per heavy atom. The number of amides is 2. The molecule has 0 saturated carbocycles. The number of carbonyl (C=O) groups is 4. The number of rotatable bonds is 9. The monoisotopic (exact) mass is 557 g/mol. The minimum Gasteiger partial charge on any atom is -0.479 e. The molecule has 5 rings (SSSR count). The van der Waals surface area contributed by atoms with Crippen LogP contribution >= 0.6 is 0 Å². The molecule has 2 amide bonds. The lowest BCUT2D eigenvalue weighted by Crippen LogP contribution is -2.79. The molecular formula is C32H33N2O7. The first-order valence-electron chi connectivity index (χ1n) is 13.5. The van der Waals surface area contributed by atoms with Gasteiger partial charge in [-0.2, -0.15) is 0 Å². The number of likely N-dealkylation sites (tertiary alicyclic amines) is 1. The molecule has 2 aromatic carbocycles. The summed E-state index contributed by atoms with van der Waals surface area (Å²) in [5.41, 5.74) is -2.30. The van der Waals surface area contributed by atoms with E-state index in [0.717, 1.165) is 10.5 Å². The summed E-state index contributed by atoms with van der Waals surface area (Å²) in [6, 6.07) is 16.8. The van der Waals surface area contributed by atoms with Gasteiger partial charge in [0.05, 0.1) is 18.3 Å². The van der Waals surface area contributed by atoms with Crippen molar-refractivity contribution in [2.75, 3.05) is 6.61 Å². The summed E-state index contributed by atoms with van der Waals surface area (Å²) >= 11 is 0. The van der Waals surface area contributed by atoms with Crippen molar-refractivity contribution in [2.24, 2.45) is 5.41 Å². The molecule has 0 aliphatic carbocycles. The Morgan fingerprint density at radius 2 is 1.68 bits per heavy atom. The number of benzene rings is 2. The normalized spacial score (nSPS) is 22.2. The molecule has 0 bridgehead atoms. The summed E-state index contributed by atoms with van der Waals surface area (Å²) in [5, 5.41) is 10.9. The molecule has 2 aliphatic rings. The molecule has 2 fully saturated rings. The summed E-state index contributed by atoms with van der Waals surface area (Å²) in [6.45, 7) is 8.94. The first-order valence-corrected chi connectivity index (χ1v) is 13.5. The number of ketones is 1. The van der Waals surface area contributed by atoms with Gasteiger partial charge in [-0.1, -0.05) is 75.4 Å². The number of ether oxygens (including phenoxy) is 1. The van der Waals surface area contributed by atoms with E-state index in [2.05, 4.69) is 6.92 Å². The molecular weight excluding hydrogens is 524 g/mol. The van der Waals surface area contributed by atoms with Crippen LogP contribution in [0.4, 0.5) is 4.79 Å². The lowest BCUT2D eigenvalue weighted by molar-refractivity contribution is -0.189. The number of nitrogens with zero attached hydrogens (tertiary/aromatic N) is 2. The van der Waals surface area contributed by atoms with Crippen LogP contribution in [0.1, 0.15) is 55.7 Å². The number of aliphatic carboxylic acids is 1. The van der Waals surface area contributed by atoms with Gasteiger partial charge in [-0.05, 0) is 42.2 Å². The lowest BCUT2D eigenvalue weighted by Gasteiger charge is -2.57. The van der Waals surface area contributed by atoms with Gasteiger partial charge < -0.3 is 19.2 Å². The second kappa shape index (κ2) is 10.5. The first-order chi connectivity index (χ1) is 19.5. The van der Waals surface area contributed by atoms with Gasteiger partial charge in [0.15, 0.2) is 5.78 Å². The molecule has 2 aliphatic heterocycles. The maximum Gasteiger partial charge on any atom is 0.411 e. The zero-order valence-electron chi connectivity index (χ0n) is 23.3. The van der Waals surface area contributed by atoms with Crippen molar-refractivity contribution in [2.45, 2.75) is 57.3 Å². The molecule has 1 radical (unpaired) electrons. The molecule has 0 spiro atoms. The van der Waals surface area contributed by atoms with Crippen molar-refractivity contribution in [3.63, 3.8) is 0 Å². The van der Waals surface area contributed by atoms with E-state index < -0.39 is 52.8 Å². The van der Waals surface area contributed by atoms with Gasteiger partial charge in [0, 0.05) is 11.8 Å². The number of furan rings is 1. The maximum atomic E-state index is 14.3. The third-order valence-electron chi connectivity index (χ3n) is 7.94. The van der Waals surface area contributed by atoms with Crippen LogP contribution in [0, 0.1) is 12.3 Å². The molecule has 9 heteroatoms. The Kier molecular flexibility index (Phi) is 7.23. The van der Waals surface area contributed by atoms with Crippen molar-refractivity contribution < 1.29 is 33.4 Å². The predicted octanol–water partition coefficient (Wildman–Crippen LogP) is 4.76. The van der Waals surface area contributed by atoms with Crippen LogP contribution in [0.5, 0.6) is 0 Å². The van der Waals surface area contributed by atoms with Crippen LogP contribution in [0.3, 0.4) is 0 Å². The highest BCUT2D eigenvalue weighted by Crippen LogP contribution is 2.48. The standard InChI is InChI=1S/C32H33N2O7/c1-20-11-8-9-15-23(20)32(29(37)38,28(36)31(2,3)4)34-24(17-16-22-14-10-18-40-22)26(27(34)35)33-25(19-41-30(33)39)21-12-6-5-7-13-21/h5-15,18,24-26H,1,16-17,19H2,2-4H3,(H,37,38)/t24?,25-,26?,32+/m1/s1. The fraction of sp³-hybridized carbons (Fsp3) is 0.344. The molecule has 4 atom stereocenters. The molecule has 213 valence electrons. The van der Waals surface area contributed by atoms with E-state index in [-0.39, 0.29) is 18.6 Å². The Bertz CT molecular complexity index is 1460. The van der Waals surface area contributed by atoms with Gasteiger partial charge in [0.2, 0.25) is 11.4 Å². The largest absolute Gasteiger partial charge is 0.479 e. The molecule has 3 heterocycles. The van der Waals surface area contributed by atoms with Gasteiger partial charge in [-0.3, -0.25) is 14.5 Å². The summed E-state index contributed by atoms with van der Waals surface area (Å²) in [4.78, 5) is 57.8. The smallest absolute Gasteiger partial charge is 0.411 e. The maximum absolute atomic E-state index is 14.3. The SMILES string of the molecule is [CH2]c1ccccc1[C@@](C(=O)O)(C(=O)C(C)(C)C)N1C(=O)C(N2C(=O)OC[C@@H]2c2ccccc2)C1CCc1ccco1. The number of Topliss-reactive ketones (excluding diaryl/α,β-unsaturated/α-hetero) is 1. The minimum atomic E-state index is -2.37. The molecule has 2 saturated heterocycles. The minimum absolute atomic E-state index is 0.0459. The van der Waals surface area contributed by atoms with E-state index in [0.29, 0.717) is 17.7 Å². The van der Waals surface area contributed by atoms with Crippen molar-refractivity contribution >= 4 is 23.8 Å². The lowest BCUT2D eigenvalue weighted by atomic mass is 9.68. The Morgan fingerprint density at radius 3 is 2.29 bits per heavy atom. The summed E-state index contributed by atoms with van der Waals surface area (Å²) in [6.07, 6.45) is 1.45. The number of aryl methyl sites for hydroxylation is 1. The van der Waals surface area contributed by atoms with Gasteiger partial charge in [-0.15, -0.1) is 0 Å². The van der Waals surface area contributed by atoms with Crippen molar-refractivity contribution in [1.29, 1.82) is 0 Å². The molecule has 41 heavy (non-hydrogen) atoms. The van der Waals surface area contributed by atoms with Crippen molar-refractivity contribution in [3.8, 4) is 0 Å². The fourth-order valence-electron chi connectivity index (χ4n) is 6.04. The number of carboxylic acid groups (broad SMARTS) is 1. The summed E-state index contributed by atoms with van der Waals surface area (Å²) in [7, 11) is 0. The highest BCUT2D eigenvalue weighted by atomic mass is 16.6. The number of carboxylic acids is 1. The molecule has 1 aromatic heterocycles. The molecule has 3 aromatic rings. The highest BCUT2D eigenvalue weighted by molar-refractivity contribution is 6.15. The van der Waals surface area contributed by atoms with E-state index in [1.54, 1.807) is 51.1 Å². The second-order valence-corrected chi connectivity index (χ2v) is 11.5. The average Bonchev–Trinajstić information content (AvgIpc) is 3.59. The Hall–Kier alpha value is -4.40. The highest BCUT2D eigenvalue weighted by Gasteiger charge is 2.68. The van der Waals surface area contributed by atoms with Crippen molar-refractivity contribution in [1.82, 2.24) is 9.80 Å². The van der Waals surface area contributed by atoms with E-state index in [9.17, 15) is 24.3 Å². The van der Waals surface area contributed by atoms with Gasteiger partial charge >= 0.3 is 12.1 Å². The average molecular weight is 558 g/mol. The first kappa shape index (κ1) is 28.1. The summed E-state index contributed by atoms with van der Waals surface area (Å²) in [5.74, 6) is -2.15. The van der Waals surface area contributed by atoms with Crippen LogP contribution in [0.15, 0.2) is 77.4 Å². The van der Waals surface area contributed by atoms with Gasteiger partial charge in [0.1, 0.15) is 18.4 Å². The quantitative estimate of drug-likeness (QED) is 0.298. The zero-order valence-corrected chi connectivity index (χ0v) is 23.3. The Balaban J connectivity index is 1.66. The van der Waals surface area contributed by atoms with Gasteiger partial charge in [0.25, 0.3) is 0 Å². The van der Waals surface area contributed by atoms with Crippen LogP contribution in [-0.4, -0.2) is 57.3 Å². The second-order valence-electron chi connectivity index (χ2n) is 11.5. The number of hydrogen-bond acceptors (Lipinski definition) is 6. The van der Waals surface area contributed by atoms with E-state index >= 15 is 0 Å². The fourth-order valence-corrected chi connectivity index (χ4v) is 6.04. The summed E-state index contributed by atoms with van der Waals surface area (Å²) < 4.78 is 10.9. The van der Waals surface area contributed by atoms with Crippen LogP contribution in [0.2, 0.25) is 0 Å². The van der Waals surface area contributed by atoms with Crippen LogP contribution in [-0.2, 0) is 31.1 Å². The third-order valence-corrected chi connectivity index (χ3v) is 7.94. The van der Waals surface area contributed by atoms with Gasteiger partial charge in [-0.25, -0.2) is 9.59 Å². The topological polar surface area (TPSA) is 117 Å². The van der Waals surface area contributed by atoms with Crippen molar-refractivity contribution in [3.05, 3.63) is 102 Å². The van der Waals surface area contributed by atoms with Crippen LogP contribution in [0.25, 0.3) is 0 Å². The van der Waals surface area contributed by atoms with E-state index in [4.69, 9.17) is 9.15 Å².